The quantitative estimate of drug-likeness (QED) is 0.365. The van der Waals surface area contributed by atoms with Crippen molar-refractivity contribution in [3.05, 3.63) is 77.3 Å². The molecule has 5 aromatic rings. The van der Waals surface area contributed by atoms with Crippen molar-refractivity contribution in [2.75, 3.05) is 0 Å². The number of nitrogens with zero attached hydrogens (tertiary/aromatic N) is 4. The first kappa shape index (κ1) is 21.0. The zero-order valence-corrected chi connectivity index (χ0v) is 18.4. The average molecular weight is 465 g/mol. The molecule has 33 heavy (non-hydrogen) atoms. The molecule has 3 aromatic heterocycles. The number of carboxylic acid groups (broad SMARTS) is 1. The average Bonchev–Trinajstić information content (AvgIpc) is 3.30. The summed E-state index contributed by atoms with van der Waals surface area (Å²) in [6.45, 7) is 3.89. The van der Waals surface area contributed by atoms with Gasteiger partial charge in [-0.15, -0.1) is 0 Å². The van der Waals surface area contributed by atoms with Crippen molar-refractivity contribution in [1.82, 2.24) is 19.2 Å². The van der Waals surface area contributed by atoms with E-state index in [0.717, 1.165) is 11.6 Å². The van der Waals surface area contributed by atoms with Gasteiger partial charge in [-0.1, -0.05) is 23.7 Å². The Labute approximate surface area is 192 Å². The van der Waals surface area contributed by atoms with E-state index in [9.17, 15) is 14.3 Å². The van der Waals surface area contributed by atoms with Crippen LogP contribution < -0.4 is 4.74 Å². The van der Waals surface area contributed by atoms with Gasteiger partial charge in [0.2, 0.25) is 0 Å². The van der Waals surface area contributed by atoms with Gasteiger partial charge in [0.05, 0.1) is 39.8 Å². The maximum atomic E-state index is 14.2. The topological polar surface area (TPSA) is 81.6 Å². The minimum absolute atomic E-state index is 0.0170. The van der Waals surface area contributed by atoms with Gasteiger partial charge in [-0.05, 0) is 44.2 Å². The summed E-state index contributed by atoms with van der Waals surface area (Å²) in [7, 11) is 0. The summed E-state index contributed by atoms with van der Waals surface area (Å²) in [4.78, 5) is 16.0. The number of pyridine rings is 1. The van der Waals surface area contributed by atoms with Crippen LogP contribution >= 0.6 is 11.6 Å². The summed E-state index contributed by atoms with van der Waals surface area (Å²) in [5.74, 6) is -1.05. The molecular formula is C24H18ClFN4O3. The first-order valence-corrected chi connectivity index (χ1v) is 10.6. The van der Waals surface area contributed by atoms with Gasteiger partial charge >= 0.3 is 5.97 Å². The molecule has 1 N–H and O–H groups in total. The predicted molar refractivity (Wildman–Crippen MR) is 123 cm³/mol. The van der Waals surface area contributed by atoms with Crippen molar-refractivity contribution in [1.29, 1.82) is 0 Å². The molecule has 0 fully saturated rings. The number of ether oxygens (including phenoxy) is 1. The first-order valence-electron chi connectivity index (χ1n) is 10.2. The number of hydrogen-bond donors (Lipinski definition) is 1. The third-order valence-electron chi connectivity index (χ3n) is 5.16. The lowest BCUT2D eigenvalue weighted by Crippen LogP contribution is -2.06. The molecule has 7 nitrogen and oxygen atoms in total. The lowest BCUT2D eigenvalue weighted by atomic mass is 10.1. The molecular weight excluding hydrogens is 447 g/mol. The minimum Gasteiger partial charge on any atom is -0.491 e. The Hall–Kier alpha value is -3.91. The molecule has 0 aliphatic rings. The standard InChI is InChI=1S/C24H18ClFN4O3/c1-13(2)33-16-5-3-4-14(8-16)19-10-22-29(20-9-15(26)6-7-17(20)24(31)32)21-12-27-11-18(25)23(21)30(22)28-19/h3-13H,1-2H3,(H,31,32). The van der Waals surface area contributed by atoms with Crippen molar-refractivity contribution in [2.45, 2.75) is 20.0 Å². The Morgan fingerprint density at radius 3 is 2.73 bits per heavy atom. The van der Waals surface area contributed by atoms with E-state index in [1.54, 1.807) is 21.3 Å². The van der Waals surface area contributed by atoms with Crippen molar-refractivity contribution in [2.24, 2.45) is 0 Å². The number of carboxylic acids is 1. The first-order chi connectivity index (χ1) is 15.8. The fourth-order valence-electron chi connectivity index (χ4n) is 3.88. The third kappa shape index (κ3) is 3.58. The number of benzene rings is 2. The molecule has 3 heterocycles. The molecule has 0 aliphatic carbocycles. The van der Waals surface area contributed by atoms with E-state index >= 15 is 0 Å². The Morgan fingerprint density at radius 1 is 1.15 bits per heavy atom. The number of halogens is 2. The highest BCUT2D eigenvalue weighted by molar-refractivity contribution is 6.35. The fraction of sp³-hybridized carbons (Fsp3) is 0.125. The van der Waals surface area contributed by atoms with Crippen LogP contribution in [0.2, 0.25) is 5.02 Å². The molecule has 0 unspecified atom stereocenters. The Balaban J connectivity index is 1.81. The SMILES string of the molecule is CC(C)Oc1cccc(-c2cc3n(-c4cc(F)ccc4C(=O)O)c4cncc(Cl)c4n3n2)c1. The Morgan fingerprint density at radius 2 is 1.97 bits per heavy atom. The van der Waals surface area contributed by atoms with Crippen LogP contribution in [0.25, 0.3) is 33.6 Å². The second-order valence-corrected chi connectivity index (χ2v) is 8.19. The summed E-state index contributed by atoms with van der Waals surface area (Å²) < 4.78 is 23.2. The maximum absolute atomic E-state index is 14.2. The zero-order valence-electron chi connectivity index (χ0n) is 17.7. The molecule has 0 aliphatic heterocycles. The molecule has 0 bridgehead atoms. The van der Waals surface area contributed by atoms with Crippen LogP contribution in [0.15, 0.2) is 60.9 Å². The number of carbonyl (C=O) groups is 1. The predicted octanol–water partition coefficient (Wildman–Crippen LogP) is 5.62. The number of rotatable bonds is 5. The van der Waals surface area contributed by atoms with Crippen LogP contribution in [0.1, 0.15) is 24.2 Å². The molecule has 9 heteroatoms. The number of fused-ring (bicyclic) bond motifs is 3. The van der Waals surface area contributed by atoms with Gasteiger partial charge < -0.3 is 9.84 Å². The number of imidazole rings is 1. The van der Waals surface area contributed by atoms with Crippen molar-refractivity contribution < 1.29 is 19.0 Å². The summed E-state index contributed by atoms with van der Waals surface area (Å²) in [5.41, 5.74) is 3.05. The van der Waals surface area contributed by atoms with E-state index in [1.165, 1.54) is 18.3 Å². The van der Waals surface area contributed by atoms with Crippen LogP contribution in [0.3, 0.4) is 0 Å². The van der Waals surface area contributed by atoms with E-state index in [-0.39, 0.29) is 17.4 Å². The van der Waals surface area contributed by atoms with Crippen molar-refractivity contribution in [3.63, 3.8) is 0 Å². The van der Waals surface area contributed by atoms with Crippen molar-refractivity contribution >= 4 is 34.3 Å². The van der Waals surface area contributed by atoms with Crippen molar-refractivity contribution in [3.8, 4) is 22.7 Å². The van der Waals surface area contributed by atoms with Gasteiger partial charge in [0.15, 0.2) is 0 Å². The van der Waals surface area contributed by atoms with Crippen LogP contribution in [-0.2, 0) is 0 Å². The van der Waals surface area contributed by atoms with E-state index in [2.05, 4.69) is 4.98 Å². The van der Waals surface area contributed by atoms with E-state index in [0.29, 0.717) is 33.1 Å². The lowest BCUT2D eigenvalue weighted by Gasteiger charge is -2.10. The van der Waals surface area contributed by atoms with E-state index < -0.39 is 11.8 Å². The van der Waals surface area contributed by atoms with Crippen LogP contribution in [0.5, 0.6) is 5.75 Å². The molecule has 0 atom stereocenters. The number of hydrogen-bond acceptors (Lipinski definition) is 4. The fourth-order valence-corrected chi connectivity index (χ4v) is 4.11. The highest BCUT2D eigenvalue weighted by atomic mass is 35.5. The summed E-state index contributed by atoms with van der Waals surface area (Å²) >= 11 is 6.46. The molecule has 166 valence electrons. The van der Waals surface area contributed by atoms with Gasteiger partial charge in [-0.25, -0.2) is 13.7 Å². The van der Waals surface area contributed by atoms with Crippen LogP contribution in [0.4, 0.5) is 4.39 Å². The molecule has 0 amide bonds. The third-order valence-corrected chi connectivity index (χ3v) is 5.44. The Kier molecular flexibility index (Phi) is 5.02. The molecule has 0 spiro atoms. The molecule has 0 saturated carbocycles. The smallest absolute Gasteiger partial charge is 0.337 e. The zero-order chi connectivity index (χ0) is 23.3. The molecule has 2 aromatic carbocycles. The highest BCUT2D eigenvalue weighted by Gasteiger charge is 2.22. The normalized spacial score (nSPS) is 11.5. The van der Waals surface area contributed by atoms with Gasteiger partial charge in [0.1, 0.15) is 22.7 Å². The lowest BCUT2D eigenvalue weighted by molar-refractivity contribution is 0.0697. The number of aromatic nitrogens is 4. The number of aromatic carboxylic acids is 1. The van der Waals surface area contributed by atoms with Gasteiger partial charge in [-0.2, -0.15) is 5.10 Å². The summed E-state index contributed by atoms with van der Waals surface area (Å²) in [6.07, 6.45) is 3.04. The molecule has 0 radical (unpaired) electrons. The van der Waals surface area contributed by atoms with Gasteiger partial charge in [0, 0.05) is 17.8 Å². The second-order valence-electron chi connectivity index (χ2n) is 7.79. The van der Waals surface area contributed by atoms with Crippen LogP contribution in [0, 0.1) is 5.82 Å². The molecule has 5 rings (SSSR count). The minimum atomic E-state index is -1.18. The van der Waals surface area contributed by atoms with E-state index in [1.807, 2.05) is 38.1 Å². The second kappa shape index (κ2) is 7.90. The summed E-state index contributed by atoms with van der Waals surface area (Å²) in [5, 5.41) is 14.8. The monoisotopic (exact) mass is 464 g/mol. The van der Waals surface area contributed by atoms with E-state index in [4.69, 9.17) is 21.4 Å². The highest BCUT2D eigenvalue weighted by Crippen LogP contribution is 2.34. The maximum Gasteiger partial charge on any atom is 0.337 e. The van der Waals surface area contributed by atoms with Gasteiger partial charge in [0.25, 0.3) is 0 Å². The van der Waals surface area contributed by atoms with Crippen LogP contribution in [-0.4, -0.2) is 36.3 Å². The van der Waals surface area contributed by atoms with Gasteiger partial charge in [-0.3, -0.25) is 9.55 Å². The summed E-state index contributed by atoms with van der Waals surface area (Å²) in [6, 6.07) is 12.8. The Bertz CT molecular complexity index is 1540. The molecule has 0 saturated heterocycles. The largest absolute Gasteiger partial charge is 0.491 e.